The van der Waals surface area contributed by atoms with Crippen LogP contribution in [0.3, 0.4) is 0 Å². The van der Waals surface area contributed by atoms with E-state index in [0.717, 1.165) is 15.7 Å². The Hall–Kier alpha value is -3.61. The zero-order valence-corrected chi connectivity index (χ0v) is 15.3. The van der Waals surface area contributed by atoms with Gasteiger partial charge in [-0.25, -0.2) is 4.79 Å². The summed E-state index contributed by atoms with van der Waals surface area (Å²) in [5.41, 5.74) is -0.540. The van der Waals surface area contributed by atoms with Crippen molar-refractivity contribution < 1.29 is 18.8 Å². The summed E-state index contributed by atoms with van der Waals surface area (Å²) < 4.78 is 5.15. The number of urea groups is 1. The first kappa shape index (κ1) is 17.8. The van der Waals surface area contributed by atoms with Gasteiger partial charge in [0, 0.05) is 0 Å². The molecule has 28 heavy (non-hydrogen) atoms. The molecule has 7 nitrogen and oxygen atoms in total. The number of carbonyl (C=O) groups excluding carboxylic acids is 3. The quantitative estimate of drug-likeness (QED) is 0.669. The third-order valence-corrected chi connectivity index (χ3v) is 4.94. The minimum atomic E-state index is -1.24. The Morgan fingerprint density at radius 2 is 1.89 bits per heavy atom. The Morgan fingerprint density at radius 3 is 2.68 bits per heavy atom. The third kappa shape index (κ3) is 3.00. The number of hydrogen-bond acceptors (Lipinski definition) is 4. The fourth-order valence-electron chi connectivity index (χ4n) is 3.48. The van der Waals surface area contributed by atoms with E-state index in [9.17, 15) is 14.4 Å². The number of hydrogen-bond donors (Lipinski definition) is 2. The molecule has 0 unspecified atom stereocenters. The summed E-state index contributed by atoms with van der Waals surface area (Å²) in [6.07, 6.45) is 1.51. The van der Waals surface area contributed by atoms with Crippen LogP contribution in [0, 0.1) is 0 Å². The van der Waals surface area contributed by atoms with Gasteiger partial charge in [0.05, 0.1) is 12.8 Å². The van der Waals surface area contributed by atoms with Crippen molar-refractivity contribution in [1.29, 1.82) is 0 Å². The predicted molar refractivity (Wildman–Crippen MR) is 102 cm³/mol. The number of rotatable bonds is 5. The molecule has 4 rings (SSSR count). The van der Waals surface area contributed by atoms with Crippen LogP contribution in [0.15, 0.2) is 65.3 Å². The Balaban J connectivity index is 1.55. The average molecular weight is 377 g/mol. The maximum Gasteiger partial charge on any atom is 0.325 e. The molecular weight excluding hydrogens is 358 g/mol. The summed E-state index contributed by atoms with van der Waals surface area (Å²) in [6.45, 7) is 1.50. The first-order valence-corrected chi connectivity index (χ1v) is 8.90. The highest BCUT2D eigenvalue weighted by molar-refractivity contribution is 6.10. The molecule has 1 fully saturated rings. The van der Waals surface area contributed by atoms with Gasteiger partial charge in [-0.2, -0.15) is 0 Å². The van der Waals surface area contributed by atoms with Crippen LogP contribution in [0.2, 0.25) is 0 Å². The molecule has 4 amide bonds. The Morgan fingerprint density at radius 1 is 1.11 bits per heavy atom. The highest BCUT2D eigenvalue weighted by Gasteiger charge is 2.50. The molecule has 142 valence electrons. The van der Waals surface area contributed by atoms with Crippen LogP contribution >= 0.6 is 0 Å². The molecule has 2 N–H and O–H groups in total. The van der Waals surface area contributed by atoms with Gasteiger partial charge >= 0.3 is 6.03 Å². The van der Waals surface area contributed by atoms with Crippen molar-refractivity contribution in [1.82, 2.24) is 15.5 Å². The number of fused-ring (bicyclic) bond motifs is 1. The lowest BCUT2D eigenvalue weighted by Gasteiger charge is -2.24. The molecule has 0 spiro atoms. The number of carbonyl (C=O) groups is 3. The van der Waals surface area contributed by atoms with Crippen LogP contribution in [0.1, 0.15) is 18.2 Å². The second-order valence-corrected chi connectivity index (χ2v) is 6.83. The fraction of sp³-hybridized carbons (Fsp3) is 0.190. The molecule has 7 heteroatoms. The molecule has 0 bridgehead atoms. The summed E-state index contributed by atoms with van der Waals surface area (Å²) in [4.78, 5) is 38.7. The van der Waals surface area contributed by atoms with Crippen molar-refractivity contribution in [2.75, 3.05) is 6.54 Å². The zero-order valence-electron chi connectivity index (χ0n) is 15.3. The van der Waals surface area contributed by atoms with E-state index in [1.54, 1.807) is 19.1 Å². The maximum atomic E-state index is 13.1. The SMILES string of the molecule is C[C@]1(c2cccc3ccccc23)NC(=O)N(CC(=O)NCc2ccco2)C1=O. The smallest absolute Gasteiger partial charge is 0.325 e. The molecule has 0 aliphatic carbocycles. The van der Waals surface area contributed by atoms with E-state index in [1.165, 1.54) is 6.26 Å². The normalized spacial score (nSPS) is 19.1. The van der Waals surface area contributed by atoms with E-state index in [0.29, 0.717) is 11.3 Å². The van der Waals surface area contributed by atoms with Gasteiger partial charge in [-0.15, -0.1) is 0 Å². The van der Waals surface area contributed by atoms with E-state index in [2.05, 4.69) is 10.6 Å². The lowest BCUT2D eigenvalue weighted by atomic mass is 9.88. The van der Waals surface area contributed by atoms with Gasteiger partial charge in [-0.3, -0.25) is 14.5 Å². The first-order chi connectivity index (χ1) is 13.5. The molecule has 2 aromatic carbocycles. The van der Waals surface area contributed by atoms with E-state index in [-0.39, 0.29) is 13.1 Å². The van der Waals surface area contributed by atoms with Crippen molar-refractivity contribution in [3.63, 3.8) is 0 Å². The highest BCUT2D eigenvalue weighted by Crippen LogP contribution is 2.33. The van der Waals surface area contributed by atoms with Crippen molar-refractivity contribution in [3.05, 3.63) is 72.2 Å². The largest absolute Gasteiger partial charge is 0.467 e. The van der Waals surface area contributed by atoms with Crippen molar-refractivity contribution >= 4 is 28.6 Å². The number of amides is 4. The standard InChI is InChI=1S/C21H19N3O4/c1-21(17-10-4-7-14-6-2-3-9-16(14)17)19(26)24(20(27)23-21)13-18(25)22-12-15-8-5-11-28-15/h2-11H,12-13H2,1H3,(H,22,25)(H,23,27)/t21-/m1/s1. The number of nitrogens with zero attached hydrogens (tertiary/aromatic N) is 1. The number of furan rings is 1. The van der Waals surface area contributed by atoms with Gasteiger partial charge in [0.1, 0.15) is 17.8 Å². The van der Waals surface area contributed by atoms with Crippen LogP contribution in [0.25, 0.3) is 10.8 Å². The summed E-state index contributed by atoms with van der Waals surface area (Å²) in [7, 11) is 0. The van der Waals surface area contributed by atoms with Crippen LogP contribution in [-0.4, -0.2) is 29.3 Å². The van der Waals surface area contributed by atoms with Crippen molar-refractivity contribution in [2.24, 2.45) is 0 Å². The minimum absolute atomic E-state index is 0.191. The van der Waals surface area contributed by atoms with Gasteiger partial charge in [0.25, 0.3) is 5.91 Å². The molecule has 1 atom stereocenters. The van der Waals surface area contributed by atoms with Crippen LogP contribution in [0.5, 0.6) is 0 Å². The Kier molecular flexibility index (Phi) is 4.35. The maximum absolute atomic E-state index is 13.1. The molecule has 1 aromatic heterocycles. The number of nitrogens with one attached hydrogen (secondary N) is 2. The fourth-order valence-corrected chi connectivity index (χ4v) is 3.48. The molecule has 1 saturated heterocycles. The zero-order chi connectivity index (χ0) is 19.7. The highest BCUT2D eigenvalue weighted by atomic mass is 16.3. The molecule has 3 aromatic rings. The molecule has 2 heterocycles. The van der Waals surface area contributed by atoms with Crippen molar-refractivity contribution in [3.8, 4) is 0 Å². The molecule has 0 saturated carbocycles. The Labute approximate surface area is 161 Å². The van der Waals surface area contributed by atoms with Gasteiger partial charge in [-0.05, 0) is 35.4 Å². The second kappa shape index (κ2) is 6.84. The topological polar surface area (TPSA) is 91.7 Å². The lowest BCUT2D eigenvalue weighted by molar-refractivity contribution is -0.134. The molecular formula is C21H19N3O4. The Bertz CT molecular complexity index is 1060. The predicted octanol–water partition coefficient (Wildman–Crippen LogP) is 2.52. The van der Waals surface area contributed by atoms with Crippen LogP contribution in [-0.2, 0) is 21.7 Å². The van der Waals surface area contributed by atoms with E-state index in [4.69, 9.17) is 4.42 Å². The lowest BCUT2D eigenvalue weighted by Crippen LogP contribution is -2.43. The van der Waals surface area contributed by atoms with Gasteiger partial charge < -0.3 is 15.1 Å². The second-order valence-electron chi connectivity index (χ2n) is 6.83. The van der Waals surface area contributed by atoms with Gasteiger partial charge in [-0.1, -0.05) is 42.5 Å². The average Bonchev–Trinajstić information content (AvgIpc) is 3.29. The monoisotopic (exact) mass is 377 g/mol. The van der Waals surface area contributed by atoms with E-state index in [1.807, 2.05) is 42.5 Å². The minimum Gasteiger partial charge on any atom is -0.467 e. The number of benzene rings is 2. The summed E-state index contributed by atoms with van der Waals surface area (Å²) in [5.74, 6) is -0.310. The summed E-state index contributed by atoms with van der Waals surface area (Å²) >= 11 is 0. The van der Waals surface area contributed by atoms with Gasteiger partial charge in [0.2, 0.25) is 5.91 Å². The molecule has 0 radical (unpaired) electrons. The van der Waals surface area contributed by atoms with E-state index >= 15 is 0 Å². The van der Waals surface area contributed by atoms with Gasteiger partial charge in [0.15, 0.2) is 0 Å². The first-order valence-electron chi connectivity index (χ1n) is 8.90. The molecule has 1 aliphatic heterocycles. The van der Waals surface area contributed by atoms with E-state index < -0.39 is 23.4 Å². The van der Waals surface area contributed by atoms with Crippen LogP contribution in [0.4, 0.5) is 4.79 Å². The van der Waals surface area contributed by atoms with Crippen LogP contribution < -0.4 is 10.6 Å². The summed E-state index contributed by atoms with van der Waals surface area (Å²) in [5, 5.41) is 7.25. The third-order valence-electron chi connectivity index (χ3n) is 4.94. The van der Waals surface area contributed by atoms with Crippen molar-refractivity contribution in [2.45, 2.75) is 19.0 Å². The molecule has 1 aliphatic rings. The summed E-state index contributed by atoms with van der Waals surface area (Å²) in [6, 6.07) is 16.1. The number of imide groups is 1.